The number of nitrogens with zero attached hydrogens (tertiary/aromatic N) is 4. The summed E-state index contributed by atoms with van der Waals surface area (Å²) in [7, 11) is 5.97. The fourth-order valence-corrected chi connectivity index (χ4v) is 3.89. The number of likely N-dealkylation sites (N-methyl/N-ethyl adjacent to an activating group) is 1. The van der Waals surface area contributed by atoms with Crippen molar-refractivity contribution in [2.75, 3.05) is 44.0 Å². The molecule has 1 aromatic heterocycles. The van der Waals surface area contributed by atoms with Crippen LogP contribution in [0.25, 0.3) is 11.1 Å². The summed E-state index contributed by atoms with van der Waals surface area (Å²) >= 11 is 0. The molecule has 0 bridgehead atoms. The number of hydrogen-bond donors (Lipinski definition) is 0. The van der Waals surface area contributed by atoms with Gasteiger partial charge in [0, 0.05) is 33.2 Å². The number of anilines is 2. The van der Waals surface area contributed by atoms with Gasteiger partial charge in [0.25, 0.3) is 5.91 Å². The van der Waals surface area contributed by atoms with E-state index in [0.717, 1.165) is 42.1 Å². The molecule has 0 radical (unpaired) electrons. The van der Waals surface area contributed by atoms with Gasteiger partial charge in [-0.15, -0.1) is 0 Å². The number of carbonyl (C=O) groups is 1. The molecule has 1 fully saturated rings. The number of benzene rings is 2. The molecule has 1 saturated heterocycles. The van der Waals surface area contributed by atoms with E-state index in [2.05, 4.69) is 28.9 Å². The first-order chi connectivity index (χ1) is 14.9. The van der Waals surface area contributed by atoms with Crippen molar-refractivity contribution in [2.24, 2.45) is 0 Å². The van der Waals surface area contributed by atoms with E-state index in [9.17, 15) is 9.18 Å². The van der Waals surface area contributed by atoms with Crippen LogP contribution in [0.3, 0.4) is 0 Å². The van der Waals surface area contributed by atoms with Crippen LogP contribution in [-0.4, -0.2) is 56.1 Å². The summed E-state index contributed by atoms with van der Waals surface area (Å²) in [6, 6.07) is 18.1. The second kappa shape index (κ2) is 8.86. The number of amides is 1. The number of halogens is 1. The number of pyridine rings is 1. The molecule has 31 heavy (non-hydrogen) atoms. The minimum atomic E-state index is -0.265. The van der Waals surface area contributed by atoms with Crippen LogP contribution in [0, 0.1) is 5.82 Å². The molecule has 1 atom stereocenters. The van der Waals surface area contributed by atoms with E-state index in [1.165, 1.54) is 12.1 Å². The molecule has 3 aromatic rings. The van der Waals surface area contributed by atoms with Crippen molar-refractivity contribution in [3.05, 3.63) is 78.2 Å². The molecule has 5 nitrogen and oxygen atoms in total. The Hall–Kier alpha value is -3.25. The maximum absolute atomic E-state index is 13.1. The monoisotopic (exact) mass is 420 g/mol. The molecule has 4 rings (SSSR count). The summed E-state index contributed by atoms with van der Waals surface area (Å²) in [4.78, 5) is 23.7. The zero-order chi connectivity index (χ0) is 22.0. The lowest BCUT2D eigenvalue weighted by molar-refractivity contribution is 0.0993. The summed E-state index contributed by atoms with van der Waals surface area (Å²) in [5.74, 6) is 0.575. The Morgan fingerprint density at radius 2 is 1.65 bits per heavy atom. The lowest BCUT2D eigenvalue weighted by Gasteiger charge is -2.22. The largest absolute Gasteiger partial charge is 0.355 e. The SMILES string of the molecule is CN(C(=O)c1ccc(-c2ccc(F)cc2)cc1)c1ccc(N2CCC(N(C)C)C2)nc1.[HH]. The first-order valence-electron chi connectivity index (χ1n) is 10.4. The minimum absolute atomic E-state index is 0. The Morgan fingerprint density at radius 3 is 2.19 bits per heavy atom. The van der Waals surface area contributed by atoms with Crippen molar-refractivity contribution in [1.29, 1.82) is 0 Å². The van der Waals surface area contributed by atoms with Crippen molar-refractivity contribution in [1.82, 2.24) is 9.88 Å². The number of hydrogen-bond acceptors (Lipinski definition) is 4. The Kier molecular flexibility index (Phi) is 6.00. The van der Waals surface area contributed by atoms with E-state index in [0.29, 0.717) is 11.6 Å². The predicted octanol–water partition coefficient (Wildman–Crippen LogP) is 4.55. The predicted molar refractivity (Wildman–Crippen MR) is 125 cm³/mol. The Bertz CT molecular complexity index is 1040. The maximum Gasteiger partial charge on any atom is 0.258 e. The summed E-state index contributed by atoms with van der Waals surface area (Å²) in [5, 5.41) is 0. The van der Waals surface area contributed by atoms with E-state index in [-0.39, 0.29) is 13.2 Å². The van der Waals surface area contributed by atoms with Crippen LogP contribution < -0.4 is 9.80 Å². The molecule has 0 saturated carbocycles. The van der Waals surface area contributed by atoms with Gasteiger partial charge in [0.2, 0.25) is 0 Å². The van der Waals surface area contributed by atoms with Crippen molar-refractivity contribution in [2.45, 2.75) is 12.5 Å². The summed E-state index contributed by atoms with van der Waals surface area (Å²) in [6.07, 6.45) is 2.88. The van der Waals surface area contributed by atoms with Crippen molar-refractivity contribution in [3.8, 4) is 11.1 Å². The molecule has 0 aliphatic carbocycles. The molecule has 6 heteroatoms. The van der Waals surface area contributed by atoms with Gasteiger partial charge >= 0.3 is 0 Å². The normalized spacial score (nSPS) is 16.0. The minimum Gasteiger partial charge on any atom is -0.355 e. The lowest BCUT2D eigenvalue weighted by atomic mass is 10.0. The van der Waals surface area contributed by atoms with Gasteiger partial charge in [0.05, 0.1) is 11.9 Å². The molecule has 1 aliphatic rings. The van der Waals surface area contributed by atoms with Crippen LogP contribution in [0.1, 0.15) is 18.2 Å². The standard InChI is InChI=1S/C25H27FN4O.H2/c1-28(2)23-14-15-30(17-23)24-13-12-22(16-27-24)29(3)25(31)20-6-4-18(5-7-20)19-8-10-21(26)11-9-19;/h4-13,16,23H,14-15,17H2,1-3H3;1H. The van der Waals surface area contributed by atoms with Gasteiger partial charge in [-0.3, -0.25) is 4.79 Å². The summed E-state index contributed by atoms with van der Waals surface area (Å²) in [6.45, 7) is 1.96. The fourth-order valence-electron chi connectivity index (χ4n) is 3.89. The molecule has 0 N–H and O–H groups in total. The summed E-state index contributed by atoms with van der Waals surface area (Å²) < 4.78 is 13.1. The van der Waals surface area contributed by atoms with Crippen LogP contribution in [0.5, 0.6) is 0 Å². The fraction of sp³-hybridized carbons (Fsp3) is 0.280. The highest BCUT2D eigenvalue weighted by Crippen LogP contribution is 2.24. The number of rotatable bonds is 5. The van der Waals surface area contributed by atoms with Crippen molar-refractivity contribution < 1.29 is 10.6 Å². The molecule has 2 heterocycles. The van der Waals surface area contributed by atoms with Crippen LogP contribution in [0.15, 0.2) is 66.9 Å². The third-order valence-corrected chi connectivity index (χ3v) is 5.95. The Balaban J connectivity index is 0.00000289. The van der Waals surface area contributed by atoms with E-state index in [1.54, 1.807) is 42.4 Å². The third-order valence-electron chi connectivity index (χ3n) is 5.95. The van der Waals surface area contributed by atoms with Crippen LogP contribution >= 0.6 is 0 Å². The van der Waals surface area contributed by atoms with Gasteiger partial charge in [-0.05, 0) is 68.0 Å². The molecule has 0 spiro atoms. The zero-order valence-electron chi connectivity index (χ0n) is 18.1. The van der Waals surface area contributed by atoms with Gasteiger partial charge in [-0.1, -0.05) is 24.3 Å². The van der Waals surface area contributed by atoms with Gasteiger partial charge < -0.3 is 14.7 Å². The molecular formula is C25H29FN4O. The molecule has 162 valence electrons. The summed E-state index contributed by atoms with van der Waals surface area (Å²) in [5.41, 5.74) is 3.18. The topological polar surface area (TPSA) is 39.7 Å². The van der Waals surface area contributed by atoms with Gasteiger partial charge in [0.1, 0.15) is 11.6 Å². The van der Waals surface area contributed by atoms with Crippen LogP contribution in [0.2, 0.25) is 0 Å². The molecular weight excluding hydrogens is 391 g/mol. The molecule has 2 aromatic carbocycles. The van der Waals surface area contributed by atoms with Gasteiger partial charge in [-0.25, -0.2) is 9.37 Å². The van der Waals surface area contributed by atoms with E-state index in [4.69, 9.17) is 0 Å². The van der Waals surface area contributed by atoms with Crippen LogP contribution in [-0.2, 0) is 0 Å². The first-order valence-corrected chi connectivity index (χ1v) is 10.4. The van der Waals surface area contributed by atoms with Gasteiger partial charge in [0.15, 0.2) is 0 Å². The number of carbonyl (C=O) groups excluding carboxylic acids is 1. The van der Waals surface area contributed by atoms with Crippen molar-refractivity contribution >= 4 is 17.4 Å². The van der Waals surface area contributed by atoms with E-state index in [1.807, 2.05) is 24.3 Å². The Labute approximate surface area is 184 Å². The average molecular weight is 421 g/mol. The average Bonchev–Trinajstić information content (AvgIpc) is 3.30. The highest BCUT2D eigenvalue weighted by Gasteiger charge is 2.25. The molecule has 1 unspecified atom stereocenters. The van der Waals surface area contributed by atoms with E-state index >= 15 is 0 Å². The molecule has 1 amide bonds. The van der Waals surface area contributed by atoms with E-state index < -0.39 is 0 Å². The smallest absolute Gasteiger partial charge is 0.258 e. The first kappa shape index (κ1) is 21.0. The highest BCUT2D eigenvalue weighted by atomic mass is 19.1. The number of aromatic nitrogens is 1. The maximum atomic E-state index is 13.1. The van der Waals surface area contributed by atoms with Gasteiger partial charge in [-0.2, -0.15) is 0 Å². The lowest BCUT2D eigenvalue weighted by Crippen LogP contribution is -2.31. The Morgan fingerprint density at radius 1 is 1.00 bits per heavy atom. The molecule has 1 aliphatic heterocycles. The van der Waals surface area contributed by atoms with Crippen LogP contribution in [0.4, 0.5) is 15.9 Å². The zero-order valence-corrected chi connectivity index (χ0v) is 18.1. The van der Waals surface area contributed by atoms with Crippen molar-refractivity contribution in [3.63, 3.8) is 0 Å². The second-order valence-corrected chi connectivity index (χ2v) is 8.18. The highest BCUT2D eigenvalue weighted by molar-refractivity contribution is 6.05. The third kappa shape index (κ3) is 4.59. The quantitative estimate of drug-likeness (QED) is 0.607. The second-order valence-electron chi connectivity index (χ2n) is 8.18.